The van der Waals surface area contributed by atoms with Crippen LogP contribution in [0.3, 0.4) is 0 Å². The van der Waals surface area contributed by atoms with Gasteiger partial charge in [-0.2, -0.15) is 0 Å². The summed E-state index contributed by atoms with van der Waals surface area (Å²) in [4.78, 5) is 0. The molecule has 1 saturated heterocycles. The van der Waals surface area contributed by atoms with Crippen LogP contribution in [-0.4, -0.2) is 51.0 Å². The van der Waals surface area contributed by atoms with E-state index < -0.39 is 7.60 Å². The second kappa shape index (κ2) is 14.1. The zero-order chi connectivity index (χ0) is 20.0. The van der Waals surface area contributed by atoms with E-state index in [9.17, 15) is 4.57 Å². The average molecular weight is 405 g/mol. The summed E-state index contributed by atoms with van der Waals surface area (Å²) >= 11 is 0. The molecule has 0 aromatic carbocycles. The number of hydrogen-bond acceptors (Lipinski definition) is 3. The van der Waals surface area contributed by atoms with Gasteiger partial charge in [-0.25, -0.2) is 0 Å². The highest BCUT2D eigenvalue weighted by molar-refractivity contribution is 7.53. The van der Waals surface area contributed by atoms with Gasteiger partial charge in [-0.1, -0.05) is 90.4 Å². The standard InChI is InChI=1S/C22H47NO3P/c1-5-6-7-8-9-10-11-12-13-14-15-16-17-18-22-21-23(2,3)19-20-25-27(4,24)26-22/h22H,5-21H2,1-4H3/q+1/t22-,27?/m0/s1. The van der Waals surface area contributed by atoms with Crippen LogP contribution in [-0.2, 0) is 13.6 Å². The molecule has 0 bridgehead atoms. The average Bonchev–Trinajstić information content (AvgIpc) is 2.56. The van der Waals surface area contributed by atoms with E-state index in [4.69, 9.17) is 9.05 Å². The van der Waals surface area contributed by atoms with Crippen molar-refractivity contribution in [3.05, 3.63) is 0 Å². The fourth-order valence-corrected chi connectivity index (χ4v) is 5.15. The van der Waals surface area contributed by atoms with Gasteiger partial charge in [-0.05, 0) is 6.42 Å². The predicted molar refractivity (Wildman–Crippen MR) is 117 cm³/mol. The van der Waals surface area contributed by atoms with Crippen molar-refractivity contribution in [2.75, 3.05) is 40.5 Å². The van der Waals surface area contributed by atoms with Gasteiger partial charge in [0.2, 0.25) is 0 Å². The molecule has 0 aliphatic carbocycles. The van der Waals surface area contributed by atoms with E-state index in [0.717, 1.165) is 24.0 Å². The normalized spacial score (nSPS) is 25.9. The van der Waals surface area contributed by atoms with Crippen molar-refractivity contribution in [2.24, 2.45) is 0 Å². The number of quaternary nitrogens is 1. The van der Waals surface area contributed by atoms with Crippen molar-refractivity contribution in [1.82, 2.24) is 0 Å². The third kappa shape index (κ3) is 13.8. The zero-order valence-electron chi connectivity index (χ0n) is 18.7. The molecule has 0 saturated carbocycles. The molecule has 0 radical (unpaired) electrons. The number of likely N-dealkylation sites (N-methyl/N-ethyl adjacent to an activating group) is 1. The maximum Gasteiger partial charge on any atom is 0.328 e. The minimum absolute atomic E-state index is 0.0591. The molecule has 1 aliphatic heterocycles. The van der Waals surface area contributed by atoms with E-state index in [0.29, 0.717) is 6.61 Å². The third-order valence-electron chi connectivity index (χ3n) is 5.69. The fraction of sp³-hybridized carbons (Fsp3) is 1.00. The molecule has 0 aromatic rings. The molecule has 27 heavy (non-hydrogen) atoms. The van der Waals surface area contributed by atoms with Crippen LogP contribution in [0.1, 0.15) is 96.8 Å². The van der Waals surface area contributed by atoms with Crippen LogP contribution in [0.2, 0.25) is 0 Å². The van der Waals surface area contributed by atoms with E-state index in [1.807, 2.05) is 0 Å². The SMILES string of the molecule is CCCCCCCCCCCCCCC[C@H]1C[N+](C)(C)CCOP(C)(=O)O1. The van der Waals surface area contributed by atoms with E-state index in [-0.39, 0.29) is 6.10 Å². The molecule has 5 heteroatoms. The summed E-state index contributed by atoms with van der Waals surface area (Å²) in [6.45, 7) is 6.25. The lowest BCUT2D eigenvalue weighted by Gasteiger charge is -2.36. The molecule has 1 fully saturated rings. The molecule has 162 valence electrons. The third-order valence-corrected chi connectivity index (χ3v) is 7.02. The molecule has 0 spiro atoms. The van der Waals surface area contributed by atoms with E-state index in [1.165, 1.54) is 83.5 Å². The second-order valence-corrected chi connectivity index (χ2v) is 11.2. The summed E-state index contributed by atoms with van der Waals surface area (Å²) in [7, 11) is 1.54. The van der Waals surface area contributed by atoms with E-state index >= 15 is 0 Å². The highest BCUT2D eigenvalue weighted by Gasteiger charge is 2.32. The van der Waals surface area contributed by atoms with Gasteiger partial charge in [-0.15, -0.1) is 0 Å². The van der Waals surface area contributed by atoms with E-state index in [2.05, 4.69) is 21.0 Å². The number of nitrogens with zero attached hydrogens (tertiary/aromatic N) is 1. The maximum atomic E-state index is 12.3. The summed E-state index contributed by atoms with van der Waals surface area (Å²) < 4.78 is 24.5. The van der Waals surface area contributed by atoms with Crippen molar-refractivity contribution in [2.45, 2.75) is 103 Å². The van der Waals surface area contributed by atoms with Crippen LogP contribution in [0.5, 0.6) is 0 Å². The molecule has 1 aliphatic rings. The van der Waals surface area contributed by atoms with Crippen LogP contribution >= 0.6 is 7.60 Å². The molecule has 0 amide bonds. The Labute approximate surface area is 169 Å². The summed E-state index contributed by atoms with van der Waals surface area (Å²) in [5, 5.41) is 0. The topological polar surface area (TPSA) is 35.5 Å². The zero-order valence-corrected chi connectivity index (χ0v) is 19.6. The van der Waals surface area contributed by atoms with Gasteiger partial charge in [0.1, 0.15) is 25.8 Å². The van der Waals surface area contributed by atoms with Crippen LogP contribution in [0, 0.1) is 0 Å². The smallest absolute Gasteiger partial charge is 0.324 e. The minimum Gasteiger partial charge on any atom is -0.324 e. The van der Waals surface area contributed by atoms with Crippen molar-refractivity contribution in [3.8, 4) is 0 Å². The Morgan fingerprint density at radius 1 is 0.852 bits per heavy atom. The van der Waals surface area contributed by atoms with Crippen molar-refractivity contribution in [3.63, 3.8) is 0 Å². The molecule has 4 nitrogen and oxygen atoms in total. The maximum absolute atomic E-state index is 12.3. The van der Waals surface area contributed by atoms with Gasteiger partial charge in [-0.3, -0.25) is 9.09 Å². The lowest BCUT2D eigenvalue weighted by Crippen LogP contribution is -2.48. The Morgan fingerprint density at radius 3 is 1.85 bits per heavy atom. The highest BCUT2D eigenvalue weighted by atomic mass is 31.2. The first-order valence-electron chi connectivity index (χ1n) is 11.6. The summed E-state index contributed by atoms with van der Waals surface area (Å²) in [6, 6.07) is 0. The van der Waals surface area contributed by atoms with Crippen molar-refractivity contribution < 1.29 is 18.1 Å². The lowest BCUT2D eigenvalue weighted by atomic mass is 10.0. The summed E-state index contributed by atoms with van der Waals surface area (Å²) in [6.07, 6.45) is 18.8. The Kier molecular flexibility index (Phi) is 13.2. The molecule has 1 unspecified atom stereocenters. The molecular formula is C22H47NO3P+. The molecule has 0 N–H and O–H groups in total. The van der Waals surface area contributed by atoms with Crippen LogP contribution in [0.4, 0.5) is 0 Å². The Balaban J connectivity index is 2.02. The van der Waals surface area contributed by atoms with Crippen molar-refractivity contribution >= 4 is 7.60 Å². The largest absolute Gasteiger partial charge is 0.328 e. The van der Waals surface area contributed by atoms with Crippen LogP contribution < -0.4 is 0 Å². The van der Waals surface area contributed by atoms with Crippen LogP contribution in [0.15, 0.2) is 0 Å². The number of rotatable bonds is 14. The molecule has 0 aromatic heterocycles. The van der Waals surface area contributed by atoms with Gasteiger partial charge >= 0.3 is 7.60 Å². The summed E-state index contributed by atoms with van der Waals surface area (Å²) in [5.41, 5.74) is 0. The van der Waals surface area contributed by atoms with Gasteiger partial charge < -0.3 is 9.01 Å². The first kappa shape index (κ1) is 25.1. The predicted octanol–water partition coefficient (Wildman–Crippen LogP) is 6.78. The van der Waals surface area contributed by atoms with E-state index in [1.54, 1.807) is 6.66 Å². The quantitative estimate of drug-likeness (QED) is 0.182. The molecule has 2 atom stereocenters. The summed E-state index contributed by atoms with van der Waals surface area (Å²) in [5.74, 6) is 0. The fourth-order valence-electron chi connectivity index (χ4n) is 3.96. The monoisotopic (exact) mass is 404 g/mol. The van der Waals surface area contributed by atoms with Gasteiger partial charge in [0.25, 0.3) is 0 Å². The number of unbranched alkanes of at least 4 members (excludes halogenated alkanes) is 12. The lowest BCUT2D eigenvalue weighted by molar-refractivity contribution is -0.893. The molecular weight excluding hydrogens is 357 g/mol. The van der Waals surface area contributed by atoms with Gasteiger partial charge in [0.15, 0.2) is 0 Å². The Morgan fingerprint density at radius 2 is 1.33 bits per heavy atom. The van der Waals surface area contributed by atoms with Gasteiger partial charge in [0.05, 0.1) is 14.1 Å². The Bertz CT molecular complexity index is 414. The first-order valence-corrected chi connectivity index (χ1v) is 13.6. The second-order valence-electron chi connectivity index (χ2n) is 9.21. The first-order chi connectivity index (χ1) is 12.8. The van der Waals surface area contributed by atoms with Gasteiger partial charge in [0, 0.05) is 6.66 Å². The molecule has 1 heterocycles. The molecule has 1 rings (SSSR count). The minimum atomic E-state index is -2.87. The Hall–Kier alpha value is 0.110. The van der Waals surface area contributed by atoms with Crippen LogP contribution in [0.25, 0.3) is 0 Å². The highest BCUT2D eigenvalue weighted by Crippen LogP contribution is 2.46. The van der Waals surface area contributed by atoms with Crippen molar-refractivity contribution in [1.29, 1.82) is 0 Å². The number of hydrogen-bond donors (Lipinski definition) is 0.